The van der Waals surface area contributed by atoms with E-state index in [0.717, 1.165) is 24.8 Å². The largest absolute Gasteiger partial charge is 0.387 e. The van der Waals surface area contributed by atoms with Gasteiger partial charge in [0, 0.05) is 36.4 Å². The minimum Gasteiger partial charge on any atom is -0.387 e. The first-order valence-corrected chi connectivity index (χ1v) is 15.8. The van der Waals surface area contributed by atoms with Crippen molar-refractivity contribution in [2.45, 2.75) is 89.9 Å². The van der Waals surface area contributed by atoms with Crippen molar-refractivity contribution in [3.8, 4) is 0 Å². The molecule has 0 aromatic heterocycles. The van der Waals surface area contributed by atoms with Crippen LogP contribution in [0.4, 0.5) is 0 Å². The summed E-state index contributed by atoms with van der Waals surface area (Å²) in [5, 5.41) is 13.0. The summed E-state index contributed by atoms with van der Waals surface area (Å²) in [4.78, 5) is 74.0. The molecule has 0 radical (unpaired) electrons. The number of nitrogens with one attached hydrogen (secondary N) is 3. The van der Waals surface area contributed by atoms with E-state index >= 15 is 0 Å². The highest BCUT2D eigenvalue weighted by molar-refractivity contribution is 6.38. The molecule has 3 fully saturated rings. The molecule has 12 heteroatoms. The Labute approximate surface area is 262 Å². The topological polar surface area (TPSA) is 146 Å². The lowest BCUT2D eigenvalue weighted by atomic mass is 9.85. The van der Waals surface area contributed by atoms with E-state index in [0.29, 0.717) is 23.6 Å². The van der Waals surface area contributed by atoms with Gasteiger partial charge in [-0.2, -0.15) is 0 Å². The number of likely N-dealkylation sites (tertiary alicyclic amines) is 1. The van der Waals surface area contributed by atoms with Gasteiger partial charge in [0.2, 0.25) is 23.5 Å². The summed E-state index contributed by atoms with van der Waals surface area (Å²) in [5.74, 6) is -2.27. The van der Waals surface area contributed by atoms with Crippen molar-refractivity contribution in [2.75, 3.05) is 13.6 Å². The molecule has 2 saturated carbocycles. The number of oxime groups is 1. The Kier molecular flexibility index (Phi) is 8.81. The fraction of sp³-hybridized carbons (Fsp3) is 0.625. The van der Waals surface area contributed by atoms with E-state index < -0.39 is 52.6 Å². The van der Waals surface area contributed by atoms with E-state index in [-0.39, 0.29) is 36.6 Å². The van der Waals surface area contributed by atoms with E-state index in [1.807, 2.05) is 39.8 Å². The summed E-state index contributed by atoms with van der Waals surface area (Å²) >= 11 is 6.21. The highest BCUT2D eigenvalue weighted by atomic mass is 35.5. The maximum atomic E-state index is 14.4. The molecule has 44 heavy (non-hydrogen) atoms. The third-order valence-corrected chi connectivity index (χ3v) is 9.41. The Morgan fingerprint density at radius 1 is 1.14 bits per heavy atom. The summed E-state index contributed by atoms with van der Waals surface area (Å²) < 4.78 is 0. The lowest BCUT2D eigenvalue weighted by Crippen LogP contribution is -2.59. The van der Waals surface area contributed by atoms with Gasteiger partial charge in [-0.15, -0.1) is 0 Å². The van der Waals surface area contributed by atoms with Gasteiger partial charge in [-0.05, 0) is 42.2 Å². The van der Waals surface area contributed by atoms with Gasteiger partial charge in [0.15, 0.2) is 5.60 Å². The molecule has 0 bridgehead atoms. The first-order valence-electron chi connectivity index (χ1n) is 15.4. The van der Waals surface area contributed by atoms with Crippen molar-refractivity contribution >= 4 is 46.7 Å². The maximum Gasteiger partial charge on any atom is 0.289 e. The van der Waals surface area contributed by atoms with Crippen LogP contribution < -0.4 is 16.0 Å². The zero-order valence-electron chi connectivity index (χ0n) is 25.9. The average Bonchev–Trinajstić information content (AvgIpc) is 3.86. The number of halogens is 1. The molecule has 1 aromatic carbocycles. The number of hydrogen-bond donors (Lipinski definition) is 3. The molecule has 5 rings (SSSR count). The molecule has 2 aliphatic carbocycles. The second-order valence-electron chi connectivity index (χ2n) is 14.0. The van der Waals surface area contributed by atoms with E-state index in [9.17, 15) is 24.0 Å². The standard InChI is InChI=1S/C32H42ClN5O6/c1-17-11-21(17)27(40)36-26(31(2,3)4)30(43)38-16-32(14-23(37-44-32)19-7-6-8-20(33)13-19)15-24(38)28(41)35-22(12-18-9-10-18)25(39)29(42)34-5/h6-8,13,17-18,21-22,24,26H,9-12,14-16H2,1-5H3,(H,34,42)(H,35,41)(H,36,40)/t17-,21+,22+,24?,26-,32-/m1/s1. The Morgan fingerprint density at radius 2 is 1.84 bits per heavy atom. The minimum absolute atomic E-state index is 0.0520. The molecule has 1 unspecified atom stereocenters. The van der Waals surface area contributed by atoms with Crippen molar-refractivity contribution in [1.29, 1.82) is 0 Å². The van der Waals surface area contributed by atoms with Crippen molar-refractivity contribution in [3.05, 3.63) is 34.9 Å². The molecule has 2 heterocycles. The second-order valence-corrected chi connectivity index (χ2v) is 14.4. The van der Waals surface area contributed by atoms with Crippen LogP contribution in [-0.2, 0) is 28.8 Å². The van der Waals surface area contributed by atoms with Crippen LogP contribution in [0.2, 0.25) is 5.02 Å². The summed E-state index contributed by atoms with van der Waals surface area (Å²) in [5.41, 5.74) is -0.238. The molecular formula is C32H42ClN5O6. The average molecular weight is 628 g/mol. The predicted octanol–water partition coefficient (Wildman–Crippen LogP) is 2.59. The first-order chi connectivity index (χ1) is 20.7. The van der Waals surface area contributed by atoms with Gasteiger partial charge in [-0.25, -0.2) is 0 Å². The quantitative estimate of drug-likeness (QED) is 0.340. The third kappa shape index (κ3) is 6.92. The predicted molar refractivity (Wildman–Crippen MR) is 164 cm³/mol. The Hall–Kier alpha value is -3.47. The fourth-order valence-corrected chi connectivity index (χ4v) is 6.36. The van der Waals surface area contributed by atoms with E-state index in [4.69, 9.17) is 16.4 Å². The SMILES string of the molecule is CNC(=O)C(=O)[C@H](CC1CC1)NC(=O)C1C[C@]2(CC(c3cccc(Cl)c3)=NO2)CN1C(=O)[C@@H](NC(=O)[C@H]1C[C@H]1C)C(C)(C)C. The normalized spacial score (nSPS) is 27.2. The molecule has 6 atom stereocenters. The van der Waals surface area contributed by atoms with Gasteiger partial charge in [0.1, 0.15) is 12.1 Å². The van der Waals surface area contributed by atoms with Gasteiger partial charge in [0.25, 0.3) is 5.91 Å². The van der Waals surface area contributed by atoms with Crippen LogP contribution in [0.1, 0.15) is 71.8 Å². The highest BCUT2D eigenvalue weighted by Gasteiger charge is 2.56. The van der Waals surface area contributed by atoms with Gasteiger partial charge >= 0.3 is 0 Å². The number of amides is 4. The van der Waals surface area contributed by atoms with Crippen LogP contribution in [0.25, 0.3) is 0 Å². The Balaban J connectivity index is 1.42. The summed E-state index contributed by atoms with van der Waals surface area (Å²) in [7, 11) is 1.37. The number of carbonyl (C=O) groups excluding carboxylic acids is 5. The van der Waals surface area contributed by atoms with Crippen molar-refractivity contribution in [3.63, 3.8) is 0 Å². The number of nitrogens with zero attached hydrogens (tertiary/aromatic N) is 2. The number of ketones is 1. The fourth-order valence-electron chi connectivity index (χ4n) is 6.17. The molecule has 11 nitrogen and oxygen atoms in total. The monoisotopic (exact) mass is 627 g/mol. The zero-order chi connectivity index (χ0) is 32.0. The highest BCUT2D eigenvalue weighted by Crippen LogP contribution is 2.41. The number of hydrogen-bond acceptors (Lipinski definition) is 7. The second kappa shape index (κ2) is 12.1. The van der Waals surface area contributed by atoms with Crippen LogP contribution in [-0.4, -0.2) is 77.3 Å². The molecule has 1 aromatic rings. The van der Waals surface area contributed by atoms with Crippen molar-refractivity contribution in [2.24, 2.45) is 28.3 Å². The minimum atomic E-state index is -1.02. The van der Waals surface area contributed by atoms with Gasteiger partial charge in [-0.3, -0.25) is 24.0 Å². The summed E-state index contributed by atoms with van der Waals surface area (Å²) in [6.07, 6.45) is 3.42. The molecule has 1 saturated heterocycles. The zero-order valence-corrected chi connectivity index (χ0v) is 26.7. The van der Waals surface area contributed by atoms with Crippen LogP contribution >= 0.6 is 11.6 Å². The lowest BCUT2D eigenvalue weighted by Gasteiger charge is -2.35. The Bertz CT molecular complexity index is 1390. The van der Waals surface area contributed by atoms with Crippen LogP contribution in [0, 0.1) is 23.2 Å². The molecule has 3 N–H and O–H groups in total. The van der Waals surface area contributed by atoms with E-state index in [2.05, 4.69) is 21.1 Å². The number of carbonyl (C=O) groups is 5. The first kappa shape index (κ1) is 31.9. The van der Waals surface area contributed by atoms with Crippen molar-refractivity contribution in [1.82, 2.24) is 20.9 Å². The van der Waals surface area contributed by atoms with Crippen molar-refractivity contribution < 1.29 is 28.8 Å². The lowest BCUT2D eigenvalue weighted by molar-refractivity contribution is -0.145. The van der Waals surface area contributed by atoms with E-state index in [1.54, 1.807) is 12.1 Å². The van der Waals surface area contributed by atoms with E-state index in [1.165, 1.54) is 11.9 Å². The smallest absolute Gasteiger partial charge is 0.289 e. The molecule has 4 amide bonds. The number of likely N-dealkylation sites (N-methyl/N-ethyl adjacent to an activating group) is 1. The molecule has 1 spiro atoms. The van der Waals surface area contributed by atoms with Crippen LogP contribution in [0.5, 0.6) is 0 Å². The maximum absolute atomic E-state index is 14.4. The molecular weight excluding hydrogens is 586 g/mol. The van der Waals surface area contributed by atoms with Gasteiger partial charge in [-0.1, -0.05) is 69.4 Å². The van der Waals surface area contributed by atoms with Crippen LogP contribution in [0.15, 0.2) is 29.4 Å². The third-order valence-electron chi connectivity index (χ3n) is 9.18. The number of rotatable bonds is 10. The Morgan fingerprint density at radius 3 is 2.43 bits per heavy atom. The van der Waals surface area contributed by atoms with Gasteiger partial charge in [0.05, 0.1) is 18.3 Å². The summed E-state index contributed by atoms with van der Waals surface area (Å²) in [6, 6.07) is 4.28. The summed E-state index contributed by atoms with van der Waals surface area (Å²) in [6.45, 7) is 7.65. The van der Waals surface area contributed by atoms with Gasteiger partial charge < -0.3 is 25.7 Å². The molecule has 4 aliphatic rings. The molecule has 238 valence electrons. The van der Waals surface area contributed by atoms with Crippen LogP contribution in [0.3, 0.4) is 0 Å². The number of benzene rings is 1. The molecule has 2 aliphatic heterocycles. The number of Topliss-reactive ketones (excluding diaryl/α,β-unsaturated/α-hetero) is 1.